The number of nitrogens with zero attached hydrogens (tertiary/aromatic N) is 3. The highest BCUT2D eigenvalue weighted by atomic mass is 127. The molecule has 0 fully saturated rings. The molecule has 2 heterocycles. The molecule has 1 atom stereocenters. The first-order chi connectivity index (χ1) is 12.5. The van der Waals surface area contributed by atoms with Gasteiger partial charge in [0.15, 0.2) is 5.96 Å². The number of nitrogens with one attached hydrogen (secondary N) is 3. The van der Waals surface area contributed by atoms with Crippen molar-refractivity contribution in [2.45, 2.75) is 39.8 Å². The van der Waals surface area contributed by atoms with Crippen molar-refractivity contribution in [3.05, 3.63) is 53.0 Å². The van der Waals surface area contributed by atoms with Crippen molar-refractivity contribution < 1.29 is 0 Å². The number of para-hydroxylation sites is 1. The molecule has 0 spiro atoms. The fourth-order valence-corrected chi connectivity index (χ4v) is 3.31. The monoisotopic (exact) mass is 480 g/mol. The number of benzene rings is 1. The molecule has 1 unspecified atom stereocenters. The molecule has 3 rings (SSSR count). The van der Waals surface area contributed by atoms with Crippen LogP contribution in [0.2, 0.25) is 0 Å². The second-order valence-electron chi connectivity index (χ2n) is 6.83. The number of aryl methyl sites for hydroxylation is 2. The third-order valence-electron chi connectivity index (χ3n) is 4.81. The van der Waals surface area contributed by atoms with Crippen LogP contribution in [0, 0.1) is 13.8 Å². The summed E-state index contributed by atoms with van der Waals surface area (Å²) in [6, 6.07) is 10.7. The molecule has 0 saturated heterocycles. The van der Waals surface area contributed by atoms with E-state index in [1.165, 1.54) is 16.6 Å². The number of rotatable bonds is 5. The van der Waals surface area contributed by atoms with Crippen LogP contribution < -0.4 is 10.6 Å². The van der Waals surface area contributed by atoms with Gasteiger partial charge in [0.05, 0.1) is 12.2 Å². The van der Waals surface area contributed by atoms with Crippen LogP contribution in [-0.2, 0) is 20.0 Å². The van der Waals surface area contributed by atoms with Gasteiger partial charge >= 0.3 is 0 Å². The molecule has 0 aliphatic carbocycles. The molecule has 6 nitrogen and oxygen atoms in total. The van der Waals surface area contributed by atoms with E-state index in [4.69, 9.17) is 0 Å². The summed E-state index contributed by atoms with van der Waals surface area (Å²) in [5, 5.41) is 12.6. The van der Waals surface area contributed by atoms with Crippen LogP contribution >= 0.6 is 24.0 Å². The van der Waals surface area contributed by atoms with Gasteiger partial charge in [0.2, 0.25) is 0 Å². The molecule has 0 aliphatic heterocycles. The largest absolute Gasteiger partial charge is 0.357 e. The lowest BCUT2D eigenvalue weighted by molar-refractivity contribution is 0.634. The van der Waals surface area contributed by atoms with Gasteiger partial charge < -0.3 is 15.6 Å². The zero-order chi connectivity index (χ0) is 18.7. The van der Waals surface area contributed by atoms with Gasteiger partial charge in [-0.15, -0.1) is 24.0 Å². The Balaban J connectivity index is 0.00000261. The minimum atomic E-state index is 0. The zero-order valence-electron chi connectivity index (χ0n) is 16.6. The maximum Gasteiger partial charge on any atom is 0.191 e. The number of hydrogen-bond donors (Lipinski definition) is 3. The van der Waals surface area contributed by atoms with Crippen molar-refractivity contribution in [1.29, 1.82) is 0 Å². The summed E-state index contributed by atoms with van der Waals surface area (Å²) in [7, 11) is 3.79. The molecule has 0 radical (unpaired) electrons. The van der Waals surface area contributed by atoms with Crippen molar-refractivity contribution in [2.75, 3.05) is 7.05 Å². The summed E-state index contributed by atoms with van der Waals surface area (Å²) < 4.78 is 1.94. The van der Waals surface area contributed by atoms with Gasteiger partial charge in [0.25, 0.3) is 0 Å². The Labute approximate surface area is 177 Å². The van der Waals surface area contributed by atoms with Crippen molar-refractivity contribution in [3.8, 4) is 0 Å². The average Bonchev–Trinajstić information content (AvgIpc) is 3.14. The maximum atomic E-state index is 4.50. The molecular formula is C20H29IN6. The molecule has 1 aromatic carbocycles. The van der Waals surface area contributed by atoms with Gasteiger partial charge in [-0.1, -0.05) is 18.2 Å². The standard InChI is InChI=1S/C20H28N6.HI/c1-13(10-18-14(2)25-26(5)15(18)3)23-20(21-4)22-12-17-11-16-8-6-7-9-19(16)24-17;/h6-9,11,13,24H,10,12H2,1-5H3,(H2,21,22,23);1H. The van der Waals surface area contributed by atoms with Crippen LogP contribution in [-0.4, -0.2) is 33.8 Å². The van der Waals surface area contributed by atoms with Gasteiger partial charge in [-0.05, 0) is 50.3 Å². The highest BCUT2D eigenvalue weighted by Gasteiger charge is 2.14. The van der Waals surface area contributed by atoms with E-state index in [0.717, 1.165) is 29.3 Å². The van der Waals surface area contributed by atoms with E-state index >= 15 is 0 Å². The fourth-order valence-electron chi connectivity index (χ4n) is 3.31. The molecule has 0 bridgehead atoms. The van der Waals surface area contributed by atoms with Crippen molar-refractivity contribution in [2.24, 2.45) is 12.0 Å². The van der Waals surface area contributed by atoms with Crippen LogP contribution in [0.4, 0.5) is 0 Å². The minimum absolute atomic E-state index is 0. The third kappa shape index (κ3) is 5.03. The first-order valence-corrected chi connectivity index (χ1v) is 9.00. The number of aliphatic imine (C=N–C) groups is 1. The molecule has 7 heteroatoms. The number of aromatic amines is 1. The van der Waals surface area contributed by atoms with Gasteiger partial charge in [-0.3, -0.25) is 9.67 Å². The lowest BCUT2D eigenvalue weighted by Gasteiger charge is -2.18. The highest BCUT2D eigenvalue weighted by molar-refractivity contribution is 14.0. The molecule has 0 saturated carbocycles. The van der Waals surface area contributed by atoms with Crippen molar-refractivity contribution in [3.63, 3.8) is 0 Å². The predicted molar refractivity (Wildman–Crippen MR) is 123 cm³/mol. The molecule has 0 amide bonds. The lowest BCUT2D eigenvalue weighted by atomic mass is 10.1. The number of halogens is 1. The van der Waals surface area contributed by atoms with E-state index in [9.17, 15) is 0 Å². The Kier molecular flexibility index (Phi) is 7.29. The molecule has 27 heavy (non-hydrogen) atoms. The summed E-state index contributed by atoms with van der Waals surface area (Å²) in [5.41, 5.74) is 5.92. The van der Waals surface area contributed by atoms with E-state index < -0.39 is 0 Å². The average molecular weight is 480 g/mol. The molecule has 3 N–H and O–H groups in total. The van der Waals surface area contributed by atoms with Gasteiger partial charge in [-0.25, -0.2) is 0 Å². The summed E-state index contributed by atoms with van der Waals surface area (Å²) in [4.78, 5) is 7.78. The number of hydrogen-bond acceptors (Lipinski definition) is 2. The van der Waals surface area contributed by atoms with E-state index in [1.807, 2.05) is 17.8 Å². The Bertz CT molecular complexity index is 891. The van der Waals surface area contributed by atoms with Crippen LogP contribution in [0.5, 0.6) is 0 Å². The van der Waals surface area contributed by atoms with E-state index in [0.29, 0.717) is 6.54 Å². The van der Waals surface area contributed by atoms with E-state index in [1.54, 1.807) is 7.05 Å². The topological polar surface area (TPSA) is 70.0 Å². The normalized spacial score (nSPS) is 12.7. The van der Waals surface area contributed by atoms with E-state index in [2.05, 4.69) is 70.7 Å². The van der Waals surface area contributed by atoms with Crippen LogP contribution in [0.1, 0.15) is 29.6 Å². The second-order valence-corrected chi connectivity index (χ2v) is 6.83. The number of fused-ring (bicyclic) bond motifs is 1. The van der Waals surface area contributed by atoms with Crippen LogP contribution in [0.15, 0.2) is 35.3 Å². The first-order valence-electron chi connectivity index (χ1n) is 9.00. The maximum absolute atomic E-state index is 4.50. The summed E-state index contributed by atoms with van der Waals surface area (Å²) in [6.07, 6.45) is 0.915. The van der Waals surface area contributed by atoms with Gasteiger partial charge in [-0.2, -0.15) is 5.10 Å². The molecule has 3 aromatic rings. The minimum Gasteiger partial charge on any atom is -0.357 e. The Morgan fingerprint density at radius 3 is 2.67 bits per heavy atom. The number of guanidine groups is 1. The lowest BCUT2D eigenvalue weighted by Crippen LogP contribution is -2.42. The van der Waals surface area contributed by atoms with Gasteiger partial charge in [0, 0.05) is 37.0 Å². The van der Waals surface area contributed by atoms with Crippen LogP contribution in [0.3, 0.4) is 0 Å². The molecule has 2 aromatic heterocycles. The van der Waals surface area contributed by atoms with E-state index in [-0.39, 0.29) is 30.0 Å². The van der Waals surface area contributed by atoms with Crippen LogP contribution in [0.25, 0.3) is 10.9 Å². The quantitative estimate of drug-likeness (QED) is 0.298. The number of aromatic nitrogens is 3. The number of H-pyrrole nitrogens is 1. The first kappa shape index (κ1) is 21.3. The fraction of sp³-hybridized carbons (Fsp3) is 0.400. The van der Waals surface area contributed by atoms with Crippen molar-refractivity contribution in [1.82, 2.24) is 25.4 Å². The SMILES string of the molecule is CN=C(NCc1cc2ccccc2[nH]1)NC(C)Cc1c(C)nn(C)c1C.I. The Morgan fingerprint density at radius 2 is 2.04 bits per heavy atom. The smallest absolute Gasteiger partial charge is 0.191 e. The predicted octanol–water partition coefficient (Wildman–Crippen LogP) is 3.43. The second kappa shape index (κ2) is 9.25. The zero-order valence-corrected chi connectivity index (χ0v) is 19.0. The Hall–Kier alpha value is -2.03. The highest BCUT2D eigenvalue weighted by Crippen LogP contribution is 2.15. The molecule has 0 aliphatic rings. The molecule has 146 valence electrons. The summed E-state index contributed by atoms with van der Waals surface area (Å²) in [5.74, 6) is 0.801. The Morgan fingerprint density at radius 1 is 1.30 bits per heavy atom. The molecular weight excluding hydrogens is 451 g/mol. The summed E-state index contributed by atoms with van der Waals surface area (Å²) in [6.45, 7) is 7.05. The van der Waals surface area contributed by atoms with Crippen molar-refractivity contribution >= 4 is 40.8 Å². The summed E-state index contributed by atoms with van der Waals surface area (Å²) >= 11 is 0. The van der Waals surface area contributed by atoms with Gasteiger partial charge in [0.1, 0.15) is 0 Å². The third-order valence-corrected chi connectivity index (χ3v) is 4.81.